The first-order valence-corrected chi connectivity index (χ1v) is 3.00. The summed E-state index contributed by atoms with van der Waals surface area (Å²) >= 11 is 0. The van der Waals surface area contributed by atoms with Gasteiger partial charge in [-0.05, 0) is 0 Å². The number of aliphatic imine (C=N–C) groups is 1. The van der Waals surface area contributed by atoms with E-state index in [1.165, 1.54) is 11.9 Å². The van der Waals surface area contributed by atoms with E-state index in [0.717, 1.165) is 0 Å². The van der Waals surface area contributed by atoms with Gasteiger partial charge in [0, 0.05) is 13.6 Å². The SMILES string of the molecule is CN1CCN=C1OC(F)(F)F. The van der Waals surface area contributed by atoms with Crippen molar-refractivity contribution in [1.29, 1.82) is 0 Å². The fraction of sp³-hybridized carbons (Fsp3) is 0.800. The van der Waals surface area contributed by atoms with Crippen LogP contribution in [0.15, 0.2) is 4.99 Å². The molecule has 0 unspecified atom stereocenters. The lowest BCUT2D eigenvalue weighted by molar-refractivity contribution is -0.286. The number of hydrogen-bond acceptors (Lipinski definition) is 3. The van der Waals surface area contributed by atoms with E-state index < -0.39 is 6.36 Å². The summed E-state index contributed by atoms with van der Waals surface area (Å²) in [6.07, 6.45) is -4.63. The summed E-state index contributed by atoms with van der Waals surface area (Å²) in [4.78, 5) is 4.82. The molecule has 0 amide bonds. The third-order valence-corrected chi connectivity index (χ3v) is 1.22. The zero-order valence-corrected chi connectivity index (χ0v) is 5.85. The molecule has 1 rings (SSSR count). The highest BCUT2D eigenvalue weighted by Crippen LogP contribution is 2.18. The Kier molecular flexibility index (Phi) is 1.92. The van der Waals surface area contributed by atoms with Crippen molar-refractivity contribution in [2.45, 2.75) is 6.36 Å². The Morgan fingerprint density at radius 2 is 2.18 bits per heavy atom. The largest absolute Gasteiger partial charge is 0.575 e. The molecule has 0 aromatic carbocycles. The average molecular weight is 168 g/mol. The van der Waals surface area contributed by atoms with E-state index in [0.29, 0.717) is 13.1 Å². The van der Waals surface area contributed by atoms with Gasteiger partial charge in [0.1, 0.15) is 0 Å². The van der Waals surface area contributed by atoms with Crippen molar-refractivity contribution in [2.75, 3.05) is 20.1 Å². The molecule has 3 nitrogen and oxygen atoms in total. The normalized spacial score (nSPS) is 18.5. The monoisotopic (exact) mass is 168 g/mol. The van der Waals surface area contributed by atoms with Crippen LogP contribution >= 0.6 is 0 Å². The van der Waals surface area contributed by atoms with Crippen LogP contribution in [0.2, 0.25) is 0 Å². The lowest BCUT2D eigenvalue weighted by Crippen LogP contribution is -2.30. The van der Waals surface area contributed by atoms with Gasteiger partial charge in [0.15, 0.2) is 0 Å². The van der Waals surface area contributed by atoms with Crippen molar-refractivity contribution in [3.05, 3.63) is 0 Å². The van der Waals surface area contributed by atoms with Gasteiger partial charge in [0.2, 0.25) is 0 Å². The van der Waals surface area contributed by atoms with E-state index >= 15 is 0 Å². The maximum absolute atomic E-state index is 11.6. The van der Waals surface area contributed by atoms with Gasteiger partial charge in [-0.1, -0.05) is 0 Å². The van der Waals surface area contributed by atoms with Crippen LogP contribution in [0.1, 0.15) is 0 Å². The Morgan fingerprint density at radius 3 is 2.55 bits per heavy atom. The van der Waals surface area contributed by atoms with Gasteiger partial charge in [0.05, 0.1) is 6.54 Å². The summed E-state index contributed by atoms with van der Waals surface area (Å²) in [5.74, 6) is 0. The van der Waals surface area contributed by atoms with E-state index in [2.05, 4.69) is 9.73 Å². The van der Waals surface area contributed by atoms with Crippen LogP contribution in [-0.4, -0.2) is 37.4 Å². The van der Waals surface area contributed by atoms with Crippen LogP contribution in [0.25, 0.3) is 0 Å². The zero-order valence-electron chi connectivity index (χ0n) is 5.85. The third kappa shape index (κ3) is 2.28. The minimum absolute atomic E-state index is 0.350. The van der Waals surface area contributed by atoms with E-state index in [1.807, 2.05) is 0 Å². The van der Waals surface area contributed by atoms with Crippen LogP contribution in [-0.2, 0) is 4.74 Å². The average Bonchev–Trinajstić information content (AvgIpc) is 2.12. The number of rotatable bonds is 0. The number of amidine groups is 1. The molecule has 11 heavy (non-hydrogen) atoms. The van der Waals surface area contributed by atoms with Gasteiger partial charge in [-0.2, -0.15) is 0 Å². The van der Waals surface area contributed by atoms with E-state index in [1.54, 1.807) is 0 Å². The zero-order chi connectivity index (χ0) is 8.48. The highest BCUT2D eigenvalue weighted by Gasteiger charge is 2.35. The van der Waals surface area contributed by atoms with Crippen molar-refractivity contribution in [3.8, 4) is 0 Å². The molecule has 0 aliphatic carbocycles. The number of nitrogens with zero attached hydrogens (tertiary/aromatic N) is 2. The summed E-state index contributed by atoms with van der Waals surface area (Å²) in [5.41, 5.74) is 0. The molecule has 0 saturated carbocycles. The van der Waals surface area contributed by atoms with Gasteiger partial charge in [-0.25, -0.2) is 4.99 Å². The summed E-state index contributed by atoms with van der Waals surface area (Å²) in [6.45, 7) is 0.841. The molecule has 0 radical (unpaired) electrons. The lowest BCUT2D eigenvalue weighted by atomic mass is 10.6. The number of hydrogen-bond donors (Lipinski definition) is 0. The van der Waals surface area contributed by atoms with E-state index in [-0.39, 0.29) is 6.02 Å². The number of likely N-dealkylation sites (N-methyl/N-ethyl adjacent to an activating group) is 1. The second-order valence-electron chi connectivity index (χ2n) is 2.13. The first kappa shape index (κ1) is 8.16. The van der Waals surface area contributed by atoms with Crippen molar-refractivity contribution in [2.24, 2.45) is 4.99 Å². The minimum atomic E-state index is -4.63. The summed E-state index contributed by atoms with van der Waals surface area (Å²) in [5, 5.41) is 0. The lowest BCUT2D eigenvalue weighted by Gasteiger charge is -2.14. The molecule has 0 aromatic rings. The predicted octanol–water partition coefficient (Wildman–Crippen LogP) is 0.824. The maximum Gasteiger partial charge on any atom is 0.575 e. The van der Waals surface area contributed by atoms with Crippen molar-refractivity contribution in [1.82, 2.24) is 4.90 Å². The number of alkyl halides is 3. The molecule has 0 spiro atoms. The van der Waals surface area contributed by atoms with Crippen molar-refractivity contribution in [3.63, 3.8) is 0 Å². The molecule has 0 bridgehead atoms. The van der Waals surface area contributed by atoms with Gasteiger partial charge >= 0.3 is 6.36 Å². The first-order valence-electron chi connectivity index (χ1n) is 3.00. The molecule has 6 heteroatoms. The third-order valence-electron chi connectivity index (χ3n) is 1.22. The summed E-state index contributed by atoms with van der Waals surface area (Å²) < 4.78 is 38.2. The quantitative estimate of drug-likeness (QED) is 0.535. The molecular formula is C5H7F3N2O. The standard InChI is InChI=1S/C5H7F3N2O/c1-10-3-2-9-4(10)11-5(6,7)8/h2-3H2,1H3. The van der Waals surface area contributed by atoms with Gasteiger partial charge < -0.3 is 9.64 Å². The Hall–Kier alpha value is -0.940. The second-order valence-corrected chi connectivity index (χ2v) is 2.13. The van der Waals surface area contributed by atoms with Crippen LogP contribution in [0, 0.1) is 0 Å². The van der Waals surface area contributed by atoms with Gasteiger partial charge in [0.25, 0.3) is 6.02 Å². The van der Waals surface area contributed by atoms with Gasteiger partial charge in [-0.15, -0.1) is 13.2 Å². The highest BCUT2D eigenvalue weighted by atomic mass is 19.4. The van der Waals surface area contributed by atoms with Gasteiger partial charge in [-0.3, -0.25) is 0 Å². The van der Waals surface area contributed by atoms with Crippen LogP contribution in [0.3, 0.4) is 0 Å². The molecule has 0 N–H and O–H groups in total. The topological polar surface area (TPSA) is 24.8 Å². The maximum atomic E-state index is 11.6. The Labute approximate surface area is 61.5 Å². The van der Waals surface area contributed by atoms with Crippen molar-refractivity contribution >= 4 is 6.02 Å². The number of halogens is 3. The van der Waals surface area contributed by atoms with Crippen LogP contribution in [0.5, 0.6) is 0 Å². The van der Waals surface area contributed by atoms with Crippen LogP contribution < -0.4 is 0 Å². The van der Waals surface area contributed by atoms with Crippen molar-refractivity contribution < 1.29 is 17.9 Å². The molecule has 0 aromatic heterocycles. The molecular weight excluding hydrogens is 161 g/mol. The van der Waals surface area contributed by atoms with E-state index in [4.69, 9.17) is 0 Å². The Morgan fingerprint density at radius 1 is 1.55 bits per heavy atom. The summed E-state index contributed by atoms with van der Waals surface area (Å²) in [7, 11) is 1.50. The fourth-order valence-corrected chi connectivity index (χ4v) is 0.726. The molecule has 0 fully saturated rings. The van der Waals surface area contributed by atoms with Crippen LogP contribution in [0.4, 0.5) is 13.2 Å². The first-order chi connectivity index (χ1) is 4.99. The molecule has 0 atom stereocenters. The molecule has 0 saturated heterocycles. The summed E-state index contributed by atoms with van der Waals surface area (Å²) in [6, 6.07) is -0.350. The Balaban J connectivity index is 2.49. The smallest absolute Gasteiger partial charge is 0.373 e. The predicted molar refractivity (Wildman–Crippen MR) is 32.1 cm³/mol. The van der Waals surface area contributed by atoms with E-state index in [9.17, 15) is 13.2 Å². The molecule has 64 valence electrons. The fourth-order valence-electron chi connectivity index (χ4n) is 0.726. The number of ether oxygens (including phenoxy) is 1. The highest BCUT2D eigenvalue weighted by molar-refractivity contribution is 5.75. The molecule has 1 aliphatic rings. The molecule has 1 heterocycles. The second kappa shape index (κ2) is 2.60. The minimum Gasteiger partial charge on any atom is -0.373 e. The molecule has 1 aliphatic heterocycles. The Bertz CT molecular complexity index is 177.